The minimum atomic E-state index is -5.08. The molecule has 4 rings (SSSR count). The molecule has 1 aliphatic rings. The van der Waals surface area contributed by atoms with E-state index in [1.807, 2.05) is 10.0 Å². The van der Waals surface area contributed by atoms with Crippen molar-refractivity contribution in [2.45, 2.75) is 30.5 Å². The quantitative estimate of drug-likeness (QED) is 0.312. The summed E-state index contributed by atoms with van der Waals surface area (Å²) in [6.45, 7) is -5.18. The molecule has 1 saturated heterocycles. The Morgan fingerprint density at radius 1 is 1.08 bits per heavy atom. The predicted molar refractivity (Wildman–Crippen MR) is 127 cm³/mol. The van der Waals surface area contributed by atoms with Gasteiger partial charge >= 0.3 is 12.1 Å². The van der Waals surface area contributed by atoms with E-state index < -0.39 is 80.1 Å². The van der Waals surface area contributed by atoms with Crippen LogP contribution in [0.3, 0.4) is 0 Å². The third-order valence-electron chi connectivity index (χ3n) is 4.74. The molecule has 39 heavy (non-hydrogen) atoms. The summed E-state index contributed by atoms with van der Waals surface area (Å²) < 4.78 is 151. The lowest BCUT2D eigenvalue weighted by atomic mass is 10.0. The van der Waals surface area contributed by atoms with E-state index in [2.05, 4.69) is 4.98 Å². The first-order chi connectivity index (χ1) is 19.7. The molecule has 3 aromatic rings. The average molecular weight is 605 g/mol. The summed E-state index contributed by atoms with van der Waals surface area (Å²) in [7, 11) is -4.74. The van der Waals surface area contributed by atoms with Crippen molar-refractivity contribution in [1.29, 1.82) is 0 Å². The van der Waals surface area contributed by atoms with Gasteiger partial charge in [0.2, 0.25) is 0 Å². The zero-order valence-electron chi connectivity index (χ0n) is 23.1. The van der Waals surface area contributed by atoms with Crippen molar-refractivity contribution >= 4 is 38.8 Å². The number of benzene rings is 2. The van der Waals surface area contributed by atoms with Crippen LogP contribution in [0.5, 0.6) is 0 Å². The molecule has 17 heteroatoms. The highest BCUT2D eigenvalue weighted by atomic mass is 32.2. The van der Waals surface area contributed by atoms with E-state index in [1.165, 1.54) is 15.8 Å². The number of carboxylic acid groups (broad SMARTS) is 1. The fraction of sp³-hybridized carbons (Fsp3) is 0.273. The van der Waals surface area contributed by atoms with Crippen molar-refractivity contribution in [2.24, 2.45) is 0 Å². The lowest BCUT2D eigenvalue weighted by Gasteiger charge is -2.31. The number of thiazole rings is 1. The molecule has 3 N–H and O–H groups in total. The van der Waals surface area contributed by atoms with Gasteiger partial charge in [-0.15, -0.1) is 11.3 Å². The molecule has 0 spiro atoms. The number of alkyl halides is 3. The van der Waals surface area contributed by atoms with Crippen LogP contribution in [-0.4, -0.2) is 48.6 Å². The van der Waals surface area contributed by atoms with E-state index in [4.69, 9.17) is 15.4 Å². The maximum absolute atomic E-state index is 14.8. The number of aromatic nitrogens is 1. The van der Waals surface area contributed by atoms with Crippen LogP contribution in [-0.2, 0) is 27.8 Å². The van der Waals surface area contributed by atoms with Crippen molar-refractivity contribution in [3.63, 3.8) is 0 Å². The molecule has 0 aliphatic carbocycles. The highest BCUT2D eigenvalue weighted by Gasteiger charge is 2.38. The van der Waals surface area contributed by atoms with E-state index >= 15 is 0 Å². The molecule has 0 amide bonds. The van der Waals surface area contributed by atoms with Gasteiger partial charge in [-0.3, -0.25) is 9.62 Å². The van der Waals surface area contributed by atoms with Gasteiger partial charge in [-0.1, -0.05) is 0 Å². The van der Waals surface area contributed by atoms with Crippen molar-refractivity contribution < 1.29 is 54.5 Å². The van der Waals surface area contributed by atoms with E-state index in [0.717, 1.165) is 11.3 Å². The van der Waals surface area contributed by atoms with Gasteiger partial charge in [-0.05, 0) is 43.8 Å². The molecule has 1 aliphatic heterocycles. The number of nitrogens with one attached hydrogen (secondary N) is 2. The third kappa shape index (κ3) is 7.79. The van der Waals surface area contributed by atoms with Gasteiger partial charge in [0.1, 0.15) is 23.3 Å². The Kier molecular flexibility index (Phi) is 7.67. The second-order valence-electron chi connectivity index (χ2n) is 7.53. The molecule has 8 nitrogen and oxygen atoms in total. The molecule has 2 aromatic carbocycles. The Labute approximate surface area is 226 Å². The maximum atomic E-state index is 14.8. The minimum Gasteiger partial charge on any atom is -0.475 e. The van der Waals surface area contributed by atoms with Gasteiger partial charge in [0.15, 0.2) is 10.7 Å². The van der Waals surface area contributed by atoms with Crippen LogP contribution >= 0.6 is 11.3 Å². The molecular formula is C22H19F7N4O4S2. The molecule has 0 saturated carbocycles. The average Bonchev–Trinajstić information content (AvgIpc) is 3.29. The van der Waals surface area contributed by atoms with Gasteiger partial charge in [-0.2, -0.15) is 13.2 Å². The molecule has 0 unspecified atom stereocenters. The fourth-order valence-electron chi connectivity index (χ4n) is 2.84. The van der Waals surface area contributed by atoms with Gasteiger partial charge in [0, 0.05) is 37.9 Å². The summed E-state index contributed by atoms with van der Waals surface area (Å²) in [4.78, 5) is 12.4. The smallest absolute Gasteiger partial charge is 0.475 e. The summed E-state index contributed by atoms with van der Waals surface area (Å²) in [5.74, 6) is -8.60. The Bertz CT molecular complexity index is 1580. The second-order valence-corrected chi connectivity index (χ2v) is 9.87. The lowest BCUT2D eigenvalue weighted by molar-refractivity contribution is -0.192. The van der Waals surface area contributed by atoms with E-state index in [1.54, 1.807) is 0 Å². The molecule has 0 radical (unpaired) electrons. The van der Waals surface area contributed by atoms with Crippen LogP contribution in [0.4, 0.5) is 42.2 Å². The summed E-state index contributed by atoms with van der Waals surface area (Å²) in [5.41, 5.74) is -1.26. The van der Waals surface area contributed by atoms with Crippen LogP contribution < -0.4 is 10.0 Å². The number of likely N-dealkylation sites (tertiary alicyclic amines) is 1. The van der Waals surface area contributed by atoms with Gasteiger partial charge in [-0.25, -0.2) is 35.8 Å². The molecule has 2 heterocycles. The largest absolute Gasteiger partial charge is 0.490 e. The molecule has 0 bridgehead atoms. The van der Waals surface area contributed by atoms with Gasteiger partial charge < -0.3 is 10.4 Å². The van der Waals surface area contributed by atoms with Gasteiger partial charge in [0.05, 0.1) is 8.25 Å². The first-order valence-electron chi connectivity index (χ1n) is 12.4. The SMILES string of the molecule is O=C(O)C(F)(F)F.[2H]C([2H])(Nc1cc(F)c(S(=O)(=O)Nc2cscn2)c(F)c1)c1c(F)ccc(F)c1C([2H])([2H])N1CCC1. The van der Waals surface area contributed by atoms with E-state index in [-0.39, 0.29) is 18.9 Å². The van der Waals surface area contributed by atoms with Crippen LogP contribution in [0.1, 0.15) is 23.0 Å². The molecule has 212 valence electrons. The second kappa shape index (κ2) is 12.2. The highest BCUT2D eigenvalue weighted by molar-refractivity contribution is 7.92. The van der Waals surface area contributed by atoms with E-state index in [0.29, 0.717) is 30.7 Å². The summed E-state index contributed by atoms with van der Waals surface area (Å²) in [5, 5.41) is 10.4. The number of carbonyl (C=O) groups is 1. The van der Waals surface area contributed by atoms with Crippen molar-refractivity contribution in [3.8, 4) is 0 Å². The first-order valence-corrected chi connectivity index (χ1v) is 12.8. The molecular weight excluding hydrogens is 581 g/mol. The molecule has 0 atom stereocenters. The van der Waals surface area contributed by atoms with Crippen molar-refractivity contribution in [3.05, 3.63) is 69.6 Å². The molecule has 1 fully saturated rings. The summed E-state index contributed by atoms with van der Waals surface area (Å²) in [6.07, 6.45) is -4.47. The van der Waals surface area contributed by atoms with Crippen molar-refractivity contribution in [2.75, 3.05) is 23.1 Å². The first kappa shape index (κ1) is 24.6. The lowest BCUT2D eigenvalue weighted by Crippen LogP contribution is -2.37. The number of carboxylic acids is 1. The van der Waals surface area contributed by atoms with Crippen molar-refractivity contribution in [1.82, 2.24) is 9.88 Å². The van der Waals surface area contributed by atoms with Crippen LogP contribution in [0.15, 0.2) is 40.1 Å². The monoisotopic (exact) mass is 604 g/mol. The summed E-state index contributed by atoms with van der Waals surface area (Å²) in [6, 6.07) is 2.21. The number of nitrogens with zero attached hydrogens (tertiary/aromatic N) is 2. The third-order valence-corrected chi connectivity index (χ3v) is 6.73. The number of hydrogen-bond donors (Lipinski definition) is 3. The Morgan fingerprint density at radius 3 is 2.10 bits per heavy atom. The number of aliphatic carboxylic acids is 1. The fourth-order valence-corrected chi connectivity index (χ4v) is 4.52. The Balaban J connectivity index is 0.000000646. The highest BCUT2D eigenvalue weighted by Crippen LogP contribution is 2.27. The van der Waals surface area contributed by atoms with Crippen LogP contribution in [0.25, 0.3) is 0 Å². The predicted octanol–water partition coefficient (Wildman–Crippen LogP) is 4.95. The Hall–Kier alpha value is -3.44. The Morgan fingerprint density at radius 2 is 1.64 bits per heavy atom. The van der Waals surface area contributed by atoms with E-state index in [9.17, 15) is 39.2 Å². The normalized spacial score (nSPS) is 16.0. The molecule has 1 aromatic heterocycles. The minimum absolute atomic E-state index is 0.164. The zero-order valence-corrected chi connectivity index (χ0v) is 20.7. The van der Waals surface area contributed by atoms with Crippen LogP contribution in [0, 0.1) is 23.3 Å². The standard InChI is InChI=1S/C20H18F4N4O2S2.C2HF3O2/c21-15-2-3-16(22)14(9-28-4-1-5-28)13(15)8-25-12-6-17(23)20(18(24)7-12)32(29,30)27-19-10-31-11-26-19;3-2(4,5)1(6)7/h2-3,6-7,10-11,25,27H,1,4-5,8-9H2;(H,6,7)/i8D2,9D2;. The number of halogens is 7. The zero-order chi connectivity index (χ0) is 32.5. The number of rotatable bonds is 8. The van der Waals surface area contributed by atoms with Crippen LogP contribution in [0.2, 0.25) is 0 Å². The number of anilines is 2. The topological polar surface area (TPSA) is 112 Å². The maximum Gasteiger partial charge on any atom is 0.490 e. The number of sulfonamides is 1. The number of hydrogen-bond acceptors (Lipinski definition) is 7. The van der Waals surface area contributed by atoms with Gasteiger partial charge in [0.25, 0.3) is 10.0 Å². The summed E-state index contributed by atoms with van der Waals surface area (Å²) >= 11 is 1.04.